The third-order valence-corrected chi connectivity index (χ3v) is 6.63. The molecule has 0 bridgehead atoms. The average molecular weight is 589 g/mol. The van der Waals surface area contributed by atoms with E-state index in [-0.39, 0.29) is 30.6 Å². The summed E-state index contributed by atoms with van der Waals surface area (Å²) in [5.74, 6) is -0.304. The molecule has 0 unspecified atom stereocenters. The molecule has 4 rings (SSSR count). The number of halogens is 1. The quantitative estimate of drug-likeness (QED) is 0.127. The molecule has 0 radical (unpaired) electrons. The number of benzene rings is 3. The Kier molecular flexibility index (Phi) is 9.74. The number of amidine groups is 2. The summed E-state index contributed by atoms with van der Waals surface area (Å²) in [4.78, 5) is 31.4. The van der Waals surface area contributed by atoms with Gasteiger partial charge in [0.2, 0.25) is 5.91 Å². The van der Waals surface area contributed by atoms with E-state index in [9.17, 15) is 19.6 Å². The molecule has 0 spiro atoms. The molecule has 0 saturated heterocycles. The molecular formula is C29H30BClN6O5. The van der Waals surface area contributed by atoms with E-state index in [4.69, 9.17) is 32.1 Å². The minimum absolute atomic E-state index is 0.0215. The highest BCUT2D eigenvalue weighted by Gasteiger charge is 2.32. The average Bonchev–Trinajstić information content (AvgIpc) is 3.06. The molecule has 11 nitrogen and oxygen atoms in total. The summed E-state index contributed by atoms with van der Waals surface area (Å²) in [6.45, 7) is 3.48. The predicted molar refractivity (Wildman–Crippen MR) is 165 cm³/mol. The van der Waals surface area contributed by atoms with E-state index in [0.717, 1.165) is 0 Å². The molecule has 3 aromatic rings. The molecule has 0 aromatic heterocycles. The van der Waals surface area contributed by atoms with Crippen molar-refractivity contribution in [2.45, 2.75) is 26.3 Å². The lowest BCUT2D eigenvalue weighted by Crippen LogP contribution is -2.42. The zero-order chi connectivity index (χ0) is 30.4. The number of rotatable bonds is 9. The van der Waals surface area contributed by atoms with Crippen molar-refractivity contribution >= 4 is 64.8 Å². The van der Waals surface area contributed by atoms with Gasteiger partial charge in [-0.3, -0.25) is 30.3 Å². The fourth-order valence-corrected chi connectivity index (χ4v) is 4.55. The Morgan fingerprint density at radius 2 is 1.76 bits per heavy atom. The minimum Gasteiger partial charge on any atom is -0.484 e. The number of anilines is 2. The second kappa shape index (κ2) is 13.4. The first kappa shape index (κ1) is 30.4. The molecule has 0 saturated carbocycles. The van der Waals surface area contributed by atoms with Gasteiger partial charge < -0.3 is 25.4 Å². The van der Waals surface area contributed by atoms with Gasteiger partial charge in [0, 0.05) is 28.4 Å². The van der Waals surface area contributed by atoms with Gasteiger partial charge in [-0.2, -0.15) is 0 Å². The van der Waals surface area contributed by atoms with E-state index in [2.05, 4.69) is 10.6 Å². The molecular weight excluding hydrogens is 559 g/mol. The number of benzodiazepines with no additional fused rings is 1. The summed E-state index contributed by atoms with van der Waals surface area (Å²) in [6.07, 6.45) is -0.0801. The first-order valence-corrected chi connectivity index (χ1v) is 13.5. The van der Waals surface area contributed by atoms with Crippen molar-refractivity contribution in [2.75, 3.05) is 23.4 Å². The third kappa shape index (κ3) is 7.21. The predicted octanol–water partition coefficient (Wildman–Crippen LogP) is 2.56. The second-order valence-corrected chi connectivity index (χ2v) is 9.91. The summed E-state index contributed by atoms with van der Waals surface area (Å²) in [7, 11) is -1.60. The summed E-state index contributed by atoms with van der Waals surface area (Å²) < 4.78 is 5.80. The molecule has 1 aliphatic heterocycles. The second-order valence-electron chi connectivity index (χ2n) is 9.48. The molecule has 1 heterocycles. The van der Waals surface area contributed by atoms with Crippen LogP contribution in [0.25, 0.3) is 0 Å². The summed E-state index contributed by atoms with van der Waals surface area (Å²) in [5.41, 5.74) is 2.96. The van der Waals surface area contributed by atoms with Gasteiger partial charge in [0.15, 0.2) is 6.61 Å². The van der Waals surface area contributed by atoms with Crippen molar-refractivity contribution in [1.82, 2.24) is 5.32 Å². The van der Waals surface area contributed by atoms with Crippen molar-refractivity contribution in [3.63, 3.8) is 0 Å². The fourth-order valence-electron chi connectivity index (χ4n) is 4.43. The van der Waals surface area contributed by atoms with Crippen LogP contribution in [-0.2, 0) is 9.59 Å². The Morgan fingerprint density at radius 1 is 1.07 bits per heavy atom. The van der Waals surface area contributed by atoms with Crippen LogP contribution in [-0.4, -0.2) is 65.6 Å². The van der Waals surface area contributed by atoms with Crippen LogP contribution >= 0.6 is 11.6 Å². The molecule has 1 atom stereocenters. The molecule has 0 fully saturated rings. The smallest absolute Gasteiger partial charge is 0.484 e. The topological polar surface area (TPSA) is 171 Å². The van der Waals surface area contributed by atoms with Gasteiger partial charge in [-0.15, -0.1) is 0 Å². The van der Waals surface area contributed by atoms with Crippen molar-refractivity contribution in [1.29, 1.82) is 10.8 Å². The monoisotopic (exact) mass is 588 g/mol. The Bertz CT molecular complexity index is 1530. The van der Waals surface area contributed by atoms with Gasteiger partial charge in [0.25, 0.3) is 5.91 Å². The summed E-state index contributed by atoms with van der Waals surface area (Å²) >= 11 is 6.14. The van der Waals surface area contributed by atoms with Crippen LogP contribution in [0.1, 0.15) is 31.4 Å². The highest BCUT2D eigenvalue weighted by atomic mass is 35.5. The number of aliphatic imine (C=N–C) groups is 1. The van der Waals surface area contributed by atoms with Crippen LogP contribution in [0, 0.1) is 10.8 Å². The maximum absolute atomic E-state index is 12.6. The fraction of sp³-hybridized carbons (Fsp3) is 0.207. The summed E-state index contributed by atoms with van der Waals surface area (Å²) in [5, 5.41) is 41.8. The van der Waals surface area contributed by atoms with Crippen LogP contribution in [0.15, 0.2) is 71.7 Å². The van der Waals surface area contributed by atoms with Crippen LogP contribution in [0.5, 0.6) is 5.75 Å². The number of nitrogens with one attached hydrogen (secondary N) is 4. The molecule has 42 heavy (non-hydrogen) atoms. The van der Waals surface area contributed by atoms with Gasteiger partial charge in [0.05, 0.1) is 17.8 Å². The van der Waals surface area contributed by atoms with E-state index in [1.165, 1.54) is 17.0 Å². The van der Waals surface area contributed by atoms with E-state index < -0.39 is 19.1 Å². The Balaban J connectivity index is 1.67. The highest BCUT2D eigenvalue weighted by molar-refractivity contribution is 6.58. The van der Waals surface area contributed by atoms with Crippen LogP contribution < -0.4 is 25.7 Å². The third-order valence-electron chi connectivity index (χ3n) is 6.37. The molecule has 13 heteroatoms. The normalized spacial score (nSPS) is 14.3. The maximum Gasteiger partial charge on any atom is 0.488 e. The first-order valence-electron chi connectivity index (χ1n) is 13.1. The largest absolute Gasteiger partial charge is 0.488 e. The number of carbonyl (C=O) groups excluding carboxylic acids is 2. The van der Waals surface area contributed by atoms with Gasteiger partial charge in [-0.05, 0) is 61.8 Å². The van der Waals surface area contributed by atoms with E-state index >= 15 is 0 Å². The lowest BCUT2D eigenvalue weighted by Gasteiger charge is -2.26. The molecule has 1 aliphatic rings. The standard InChI is InChI=1S/C29H30BClN6O5/c1-3-34-26(38)15-24-29(33)37(17(2)32)25-13-12-22(14-23(25)28(36-24)18-4-8-20(31)9-5-18)42-16-27(39)35-21-10-6-19(7-11-21)30(40)41/h4-14,24,32-33,40-41H,3,15-16H2,1-2H3,(H,34,38)(H,35,39)/t24-/m0/s1. The van der Waals surface area contributed by atoms with E-state index in [1.54, 1.807) is 61.5 Å². The summed E-state index contributed by atoms with van der Waals surface area (Å²) in [6, 6.07) is 17.2. The number of nitrogens with zero attached hydrogens (tertiary/aromatic N) is 2. The van der Waals surface area contributed by atoms with Crippen LogP contribution in [0.2, 0.25) is 5.02 Å². The van der Waals surface area contributed by atoms with Crippen molar-refractivity contribution in [3.05, 3.63) is 82.9 Å². The molecule has 6 N–H and O–H groups in total. The molecule has 0 aliphatic carbocycles. The van der Waals surface area contributed by atoms with Crippen molar-refractivity contribution < 1.29 is 24.4 Å². The number of amides is 2. The lowest BCUT2D eigenvalue weighted by molar-refractivity contribution is -0.121. The van der Waals surface area contributed by atoms with Crippen LogP contribution in [0.3, 0.4) is 0 Å². The molecule has 216 valence electrons. The Morgan fingerprint density at radius 3 is 2.38 bits per heavy atom. The Hall–Kier alpha value is -4.52. The van der Waals surface area contributed by atoms with Gasteiger partial charge in [-0.25, -0.2) is 0 Å². The SMILES string of the molecule is CCNC(=O)C[C@@H]1N=C(c2ccc(Cl)cc2)c2cc(OCC(=O)Nc3ccc(B(O)O)cc3)ccc2N(C(C)=N)C1=N. The van der Waals surface area contributed by atoms with Gasteiger partial charge in [-0.1, -0.05) is 35.9 Å². The van der Waals surface area contributed by atoms with E-state index in [1.807, 2.05) is 6.92 Å². The lowest BCUT2D eigenvalue weighted by atomic mass is 9.80. The Labute approximate surface area is 248 Å². The zero-order valence-corrected chi connectivity index (χ0v) is 23.8. The number of hydrogen-bond acceptors (Lipinski definition) is 8. The van der Waals surface area contributed by atoms with Gasteiger partial charge in [0.1, 0.15) is 23.5 Å². The number of ether oxygens (including phenoxy) is 1. The highest BCUT2D eigenvalue weighted by Crippen LogP contribution is 2.33. The number of fused-ring (bicyclic) bond motifs is 1. The van der Waals surface area contributed by atoms with Crippen LogP contribution in [0.4, 0.5) is 11.4 Å². The van der Waals surface area contributed by atoms with Gasteiger partial charge >= 0.3 is 7.12 Å². The number of carbonyl (C=O) groups is 2. The maximum atomic E-state index is 12.6. The minimum atomic E-state index is -1.60. The molecule has 2 amide bonds. The number of hydrogen-bond donors (Lipinski definition) is 6. The first-order chi connectivity index (χ1) is 20.1. The van der Waals surface area contributed by atoms with E-state index in [0.29, 0.717) is 51.0 Å². The zero-order valence-electron chi connectivity index (χ0n) is 23.0. The molecule has 3 aromatic carbocycles. The van der Waals surface area contributed by atoms with Crippen molar-refractivity contribution in [3.8, 4) is 5.75 Å². The van der Waals surface area contributed by atoms with Crippen molar-refractivity contribution in [2.24, 2.45) is 4.99 Å².